The van der Waals surface area contributed by atoms with Crippen LogP contribution in [-0.2, 0) is 0 Å². The van der Waals surface area contributed by atoms with Crippen molar-refractivity contribution in [2.45, 2.75) is 0 Å². The minimum absolute atomic E-state index is 0. The molecule has 11 heavy (non-hydrogen) atoms. The molecular formula is C5H8Cl5N. The first kappa shape index (κ1) is 14.6. The summed E-state index contributed by atoms with van der Waals surface area (Å²) < 4.78 is 1.93. The lowest BCUT2D eigenvalue weighted by Crippen LogP contribution is -3.00. The van der Waals surface area contributed by atoms with Gasteiger partial charge in [0.25, 0.3) is 0 Å². The van der Waals surface area contributed by atoms with Crippen LogP contribution in [0.25, 0.3) is 0 Å². The van der Waals surface area contributed by atoms with E-state index in [9.17, 15) is 0 Å². The minimum Gasteiger partial charge on any atom is -1.00 e. The van der Waals surface area contributed by atoms with Crippen LogP contribution in [-0.4, -0.2) is 34.1 Å². The van der Waals surface area contributed by atoms with E-state index in [0.717, 1.165) is 0 Å². The molecule has 0 aromatic heterocycles. The average molecular weight is 259 g/mol. The van der Waals surface area contributed by atoms with Gasteiger partial charge >= 0.3 is 4.63 Å². The van der Waals surface area contributed by atoms with Crippen LogP contribution in [0, 0.1) is 0 Å². The zero-order chi connectivity index (χ0) is 7.98. The maximum atomic E-state index is 5.49. The summed E-state index contributed by atoms with van der Waals surface area (Å²) in [4.78, 5) is 0. The Morgan fingerprint density at radius 2 is 1.36 bits per heavy atom. The van der Waals surface area contributed by atoms with Crippen LogP contribution in [0.5, 0.6) is 0 Å². The van der Waals surface area contributed by atoms with Gasteiger partial charge in [0.05, 0.1) is 11.8 Å². The van der Waals surface area contributed by atoms with Gasteiger partial charge in [-0.2, -0.15) is 0 Å². The van der Waals surface area contributed by atoms with Crippen LogP contribution in [0.15, 0.2) is 0 Å². The van der Waals surface area contributed by atoms with Gasteiger partial charge in [0, 0.05) is 23.2 Å². The van der Waals surface area contributed by atoms with Crippen molar-refractivity contribution in [3.63, 3.8) is 0 Å². The standard InChI is InChI=1S/C5H8Cl4N.ClH/c6-1-3-10(4-2-7)5(8)9;/h1-4H2;1H/q+1;/p-1. The fourth-order valence-electron chi connectivity index (χ4n) is 0.485. The number of alkyl halides is 2. The van der Waals surface area contributed by atoms with Gasteiger partial charge in [0.1, 0.15) is 0 Å². The SMILES string of the molecule is ClCC[N+](CCCl)=C(Cl)Cl.[Cl-]. The van der Waals surface area contributed by atoms with Gasteiger partial charge in [-0.05, 0) is 0 Å². The summed E-state index contributed by atoms with van der Waals surface area (Å²) >= 11 is 21.9. The van der Waals surface area contributed by atoms with Crippen molar-refractivity contribution in [3.05, 3.63) is 0 Å². The lowest BCUT2D eigenvalue weighted by molar-refractivity contribution is -0.514. The van der Waals surface area contributed by atoms with Crippen molar-refractivity contribution in [2.75, 3.05) is 24.8 Å². The third-order valence-electron chi connectivity index (χ3n) is 0.948. The van der Waals surface area contributed by atoms with E-state index in [2.05, 4.69) is 0 Å². The predicted molar refractivity (Wildman–Crippen MR) is 48.1 cm³/mol. The van der Waals surface area contributed by atoms with Crippen molar-refractivity contribution in [3.8, 4) is 0 Å². The third kappa shape index (κ3) is 7.48. The highest BCUT2D eigenvalue weighted by Gasteiger charge is 2.07. The smallest absolute Gasteiger partial charge is 0.341 e. The number of halogens is 5. The van der Waals surface area contributed by atoms with Gasteiger partial charge in [-0.15, -0.1) is 23.2 Å². The Kier molecular flexibility index (Phi) is 12.3. The van der Waals surface area contributed by atoms with Crippen LogP contribution in [0.3, 0.4) is 0 Å². The normalized spacial score (nSPS) is 8.73. The molecule has 6 heteroatoms. The summed E-state index contributed by atoms with van der Waals surface area (Å²) in [6.45, 7) is 1.27. The highest BCUT2D eigenvalue weighted by Crippen LogP contribution is 1.94. The molecule has 1 nitrogen and oxygen atoms in total. The average Bonchev–Trinajstić information content (AvgIpc) is 1.87. The van der Waals surface area contributed by atoms with Crippen LogP contribution in [0.2, 0.25) is 0 Å². The lowest BCUT2D eigenvalue weighted by Gasteiger charge is -1.96. The molecule has 0 atom stereocenters. The Labute approximate surface area is 92.7 Å². The predicted octanol–water partition coefficient (Wildman–Crippen LogP) is -0.686. The lowest BCUT2D eigenvalue weighted by atomic mass is 10.6. The van der Waals surface area contributed by atoms with E-state index in [1.54, 1.807) is 4.58 Å². The molecule has 0 aromatic carbocycles. The summed E-state index contributed by atoms with van der Waals surface area (Å²) in [6.07, 6.45) is 0. The molecule has 0 aliphatic heterocycles. The summed E-state index contributed by atoms with van der Waals surface area (Å²) in [7, 11) is 0. The molecule has 0 fully saturated rings. The summed E-state index contributed by atoms with van der Waals surface area (Å²) in [5.74, 6) is 1.000. The Morgan fingerprint density at radius 3 is 1.55 bits per heavy atom. The Bertz CT molecular complexity index is 112. The maximum Gasteiger partial charge on any atom is 0.341 e. The largest absolute Gasteiger partial charge is 1.00 e. The van der Waals surface area contributed by atoms with Gasteiger partial charge in [0.15, 0.2) is 13.1 Å². The third-order valence-corrected chi connectivity index (χ3v) is 1.76. The number of nitrogens with zero attached hydrogens (tertiary/aromatic N) is 1. The Morgan fingerprint density at radius 1 is 1.00 bits per heavy atom. The van der Waals surface area contributed by atoms with Crippen molar-refractivity contribution in [1.29, 1.82) is 0 Å². The zero-order valence-corrected chi connectivity index (χ0v) is 9.45. The highest BCUT2D eigenvalue weighted by atomic mass is 35.5. The van der Waals surface area contributed by atoms with E-state index in [-0.39, 0.29) is 17.0 Å². The first-order chi connectivity index (χ1) is 4.72. The van der Waals surface area contributed by atoms with E-state index in [1.165, 1.54) is 0 Å². The fraction of sp³-hybridized carbons (Fsp3) is 0.800. The van der Waals surface area contributed by atoms with Crippen LogP contribution < -0.4 is 12.4 Å². The van der Waals surface area contributed by atoms with E-state index >= 15 is 0 Å². The summed E-state index contributed by atoms with van der Waals surface area (Å²) in [6, 6.07) is 0. The number of hydrogen-bond donors (Lipinski definition) is 0. The summed E-state index contributed by atoms with van der Waals surface area (Å²) in [5, 5.41) is 0. The Hall–Kier alpha value is 1.12. The molecule has 0 N–H and O–H groups in total. The molecular weight excluding hydrogens is 251 g/mol. The maximum absolute atomic E-state index is 5.49. The molecule has 68 valence electrons. The van der Waals surface area contributed by atoms with Gasteiger partial charge in [-0.1, -0.05) is 0 Å². The fourth-order valence-corrected chi connectivity index (χ4v) is 1.23. The van der Waals surface area contributed by atoms with Gasteiger partial charge in [-0.3, -0.25) is 0 Å². The molecule has 0 bridgehead atoms. The van der Waals surface area contributed by atoms with Gasteiger partial charge in [0.2, 0.25) is 0 Å². The molecule has 0 aromatic rings. The van der Waals surface area contributed by atoms with Gasteiger partial charge < -0.3 is 12.4 Å². The monoisotopic (exact) mass is 257 g/mol. The van der Waals surface area contributed by atoms with Crippen molar-refractivity contribution < 1.29 is 17.0 Å². The molecule has 0 aliphatic carbocycles. The van der Waals surface area contributed by atoms with Crippen LogP contribution in [0.1, 0.15) is 0 Å². The molecule has 0 saturated carbocycles. The Balaban J connectivity index is 0. The molecule has 0 amide bonds. The van der Waals surface area contributed by atoms with Crippen molar-refractivity contribution in [1.82, 2.24) is 0 Å². The van der Waals surface area contributed by atoms with Crippen LogP contribution in [0.4, 0.5) is 0 Å². The molecule has 0 spiro atoms. The van der Waals surface area contributed by atoms with Crippen molar-refractivity contribution in [2.24, 2.45) is 0 Å². The minimum atomic E-state index is 0. The van der Waals surface area contributed by atoms with E-state index < -0.39 is 0 Å². The molecule has 0 saturated heterocycles. The second kappa shape index (κ2) is 9.21. The van der Waals surface area contributed by atoms with Gasteiger partial charge in [-0.25, -0.2) is 4.58 Å². The van der Waals surface area contributed by atoms with Crippen LogP contribution >= 0.6 is 46.4 Å². The molecule has 0 unspecified atom stereocenters. The van der Waals surface area contributed by atoms with E-state index in [4.69, 9.17) is 46.4 Å². The van der Waals surface area contributed by atoms with E-state index in [0.29, 0.717) is 24.8 Å². The summed E-state index contributed by atoms with van der Waals surface area (Å²) in [5.41, 5.74) is 0. The highest BCUT2D eigenvalue weighted by molar-refractivity contribution is 6.94. The quantitative estimate of drug-likeness (QED) is 0.357. The number of rotatable bonds is 4. The number of hydrogen-bond acceptors (Lipinski definition) is 0. The first-order valence-electron chi connectivity index (χ1n) is 2.77. The second-order valence-corrected chi connectivity index (χ2v) is 3.27. The molecule has 0 aliphatic rings. The molecule has 0 rings (SSSR count). The molecule has 0 radical (unpaired) electrons. The zero-order valence-electron chi connectivity index (χ0n) is 5.67. The van der Waals surface area contributed by atoms with Crippen molar-refractivity contribution >= 4 is 51.0 Å². The molecule has 0 heterocycles. The first-order valence-corrected chi connectivity index (χ1v) is 4.59. The second-order valence-electron chi connectivity index (χ2n) is 1.61. The van der Waals surface area contributed by atoms with E-state index in [1.807, 2.05) is 0 Å². The topological polar surface area (TPSA) is 3.01 Å².